The minimum Gasteiger partial charge on any atom is -0.462 e. The van der Waals surface area contributed by atoms with E-state index in [1.807, 2.05) is 13.8 Å². The highest BCUT2D eigenvalue weighted by Gasteiger charge is 2.23. The lowest BCUT2D eigenvalue weighted by Crippen LogP contribution is -2.19. The number of esters is 2. The molecule has 28 heavy (non-hydrogen) atoms. The summed E-state index contributed by atoms with van der Waals surface area (Å²) < 4.78 is 10.8. The minimum atomic E-state index is -0.349. The van der Waals surface area contributed by atoms with Crippen molar-refractivity contribution in [1.82, 2.24) is 0 Å². The summed E-state index contributed by atoms with van der Waals surface area (Å²) in [5, 5.41) is 0. The van der Waals surface area contributed by atoms with Crippen LogP contribution in [0.4, 0.5) is 0 Å². The molecule has 0 amide bonds. The molecule has 4 nitrogen and oxygen atoms in total. The molecule has 0 N–H and O–H groups in total. The molecule has 0 aromatic carbocycles. The number of carbonyl (C=O) groups is 2. The Morgan fingerprint density at radius 3 is 1.57 bits per heavy atom. The van der Waals surface area contributed by atoms with E-state index in [0.29, 0.717) is 37.2 Å². The van der Waals surface area contributed by atoms with Crippen LogP contribution in [0.25, 0.3) is 0 Å². The third-order valence-electron chi connectivity index (χ3n) is 4.62. The van der Waals surface area contributed by atoms with Crippen molar-refractivity contribution >= 4 is 11.9 Å². The van der Waals surface area contributed by atoms with Crippen molar-refractivity contribution in [1.29, 1.82) is 0 Å². The van der Waals surface area contributed by atoms with Crippen LogP contribution in [-0.2, 0) is 19.1 Å². The second kappa shape index (κ2) is 17.8. The molecule has 0 unspecified atom stereocenters. The summed E-state index contributed by atoms with van der Waals surface area (Å²) in [6.07, 6.45) is 12.3. The van der Waals surface area contributed by atoms with E-state index in [9.17, 15) is 9.59 Å². The number of unbranched alkanes of at least 4 members (excludes halogenated alkanes) is 7. The quantitative estimate of drug-likeness (QED) is 0.155. The van der Waals surface area contributed by atoms with Gasteiger partial charge in [-0.05, 0) is 38.0 Å². The lowest BCUT2D eigenvalue weighted by atomic mass is 9.94. The number of hydrogen-bond acceptors (Lipinski definition) is 4. The van der Waals surface area contributed by atoms with Crippen molar-refractivity contribution in [2.75, 3.05) is 13.2 Å². The first-order valence-corrected chi connectivity index (χ1v) is 11.5. The van der Waals surface area contributed by atoms with Gasteiger partial charge in [-0.1, -0.05) is 79.6 Å². The Morgan fingerprint density at radius 2 is 1.11 bits per heavy atom. The normalized spacial score (nSPS) is 12.1. The Kier molecular flexibility index (Phi) is 16.9. The van der Waals surface area contributed by atoms with E-state index in [1.54, 1.807) is 0 Å². The fourth-order valence-electron chi connectivity index (χ4n) is 3.11. The molecule has 0 radical (unpaired) electrons. The highest BCUT2D eigenvalue weighted by Crippen LogP contribution is 2.23. The van der Waals surface area contributed by atoms with Gasteiger partial charge in [0.15, 0.2) is 0 Å². The molecule has 0 bridgehead atoms. The molecule has 0 aromatic rings. The van der Waals surface area contributed by atoms with Gasteiger partial charge in [0.25, 0.3) is 0 Å². The molecule has 0 atom stereocenters. The largest absolute Gasteiger partial charge is 0.462 e. The van der Waals surface area contributed by atoms with E-state index in [1.165, 1.54) is 38.5 Å². The van der Waals surface area contributed by atoms with E-state index < -0.39 is 0 Å². The summed E-state index contributed by atoms with van der Waals surface area (Å²) in [4.78, 5) is 25.3. The predicted molar refractivity (Wildman–Crippen MR) is 116 cm³/mol. The molecule has 0 saturated carbocycles. The highest BCUT2D eigenvalue weighted by molar-refractivity contribution is 6.00. The van der Waals surface area contributed by atoms with Crippen LogP contribution in [0.15, 0.2) is 11.1 Å². The standard InChI is InChI=1S/C24H44O4/c1-6-9-10-11-12-13-14-15-16-21(23(25)27-17-7-2)22(19-20(4)5)24(26)28-18-8-3/h20H,6-19H2,1-5H3/b22-21-. The van der Waals surface area contributed by atoms with Crippen molar-refractivity contribution in [3.8, 4) is 0 Å². The fourth-order valence-corrected chi connectivity index (χ4v) is 3.11. The molecule has 0 aliphatic heterocycles. The van der Waals surface area contributed by atoms with Gasteiger partial charge in [0, 0.05) is 11.1 Å². The van der Waals surface area contributed by atoms with Gasteiger partial charge in [-0.25, -0.2) is 9.59 Å². The van der Waals surface area contributed by atoms with Crippen LogP contribution in [0.5, 0.6) is 0 Å². The minimum absolute atomic E-state index is 0.275. The lowest BCUT2D eigenvalue weighted by molar-refractivity contribution is -0.142. The Morgan fingerprint density at radius 1 is 0.643 bits per heavy atom. The second-order valence-electron chi connectivity index (χ2n) is 8.05. The molecular formula is C24H44O4. The number of hydrogen-bond donors (Lipinski definition) is 0. The monoisotopic (exact) mass is 396 g/mol. The van der Waals surface area contributed by atoms with Crippen LogP contribution in [0.1, 0.15) is 112 Å². The third kappa shape index (κ3) is 13.0. The number of rotatable bonds is 17. The molecule has 0 heterocycles. The van der Waals surface area contributed by atoms with Gasteiger partial charge in [0.1, 0.15) is 0 Å². The maximum Gasteiger partial charge on any atom is 0.334 e. The van der Waals surface area contributed by atoms with Gasteiger partial charge >= 0.3 is 11.9 Å². The first kappa shape index (κ1) is 26.7. The molecule has 164 valence electrons. The van der Waals surface area contributed by atoms with E-state index >= 15 is 0 Å². The van der Waals surface area contributed by atoms with Crippen molar-refractivity contribution in [3.05, 3.63) is 11.1 Å². The van der Waals surface area contributed by atoms with E-state index in [2.05, 4.69) is 20.8 Å². The zero-order valence-electron chi connectivity index (χ0n) is 19.1. The molecule has 4 heteroatoms. The van der Waals surface area contributed by atoms with Crippen LogP contribution >= 0.6 is 0 Å². The second-order valence-corrected chi connectivity index (χ2v) is 8.05. The predicted octanol–water partition coefficient (Wildman–Crippen LogP) is 6.77. The Bertz CT molecular complexity index is 452. The smallest absolute Gasteiger partial charge is 0.334 e. The van der Waals surface area contributed by atoms with E-state index in [4.69, 9.17) is 9.47 Å². The van der Waals surface area contributed by atoms with Crippen LogP contribution in [0.3, 0.4) is 0 Å². The van der Waals surface area contributed by atoms with Gasteiger partial charge in [-0.3, -0.25) is 0 Å². The van der Waals surface area contributed by atoms with Crippen molar-refractivity contribution in [2.24, 2.45) is 5.92 Å². The summed E-state index contributed by atoms with van der Waals surface area (Å²) in [6, 6.07) is 0. The van der Waals surface area contributed by atoms with Crippen molar-refractivity contribution < 1.29 is 19.1 Å². The SMILES string of the molecule is CCCCCCCCCC/C(C(=O)OCCC)=C(\CC(C)C)C(=O)OCCC. The molecule has 0 saturated heterocycles. The summed E-state index contributed by atoms with van der Waals surface area (Å²) in [5.74, 6) is -0.413. The van der Waals surface area contributed by atoms with Gasteiger partial charge in [-0.2, -0.15) is 0 Å². The molecule has 0 rings (SSSR count). The van der Waals surface area contributed by atoms with E-state index in [0.717, 1.165) is 25.7 Å². The first-order chi connectivity index (χ1) is 13.5. The topological polar surface area (TPSA) is 52.6 Å². The van der Waals surface area contributed by atoms with Crippen molar-refractivity contribution in [3.63, 3.8) is 0 Å². The number of carbonyl (C=O) groups excluding carboxylic acids is 2. The molecule has 0 fully saturated rings. The zero-order valence-corrected chi connectivity index (χ0v) is 19.1. The van der Waals surface area contributed by atoms with Gasteiger partial charge in [0.05, 0.1) is 13.2 Å². The maximum absolute atomic E-state index is 12.7. The molecule has 0 aliphatic rings. The zero-order chi connectivity index (χ0) is 21.2. The van der Waals surface area contributed by atoms with Gasteiger partial charge < -0.3 is 9.47 Å². The van der Waals surface area contributed by atoms with Gasteiger partial charge in [0.2, 0.25) is 0 Å². The van der Waals surface area contributed by atoms with Crippen LogP contribution in [0, 0.1) is 5.92 Å². The highest BCUT2D eigenvalue weighted by atomic mass is 16.5. The summed E-state index contributed by atoms with van der Waals surface area (Å²) in [6.45, 7) is 11.0. The van der Waals surface area contributed by atoms with Crippen LogP contribution in [0.2, 0.25) is 0 Å². The Balaban J connectivity index is 5.02. The molecule has 0 aliphatic carbocycles. The van der Waals surface area contributed by atoms with E-state index in [-0.39, 0.29) is 17.9 Å². The summed E-state index contributed by atoms with van der Waals surface area (Å²) in [5.41, 5.74) is 1.06. The van der Waals surface area contributed by atoms with Crippen molar-refractivity contribution in [2.45, 2.75) is 112 Å². The number of ether oxygens (including phenoxy) is 2. The molecule has 0 spiro atoms. The van der Waals surface area contributed by atoms with Crippen LogP contribution in [-0.4, -0.2) is 25.2 Å². The maximum atomic E-state index is 12.7. The summed E-state index contributed by atoms with van der Waals surface area (Å²) >= 11 is 0. The van der Waals surface area contributed by atoms with Crippen LogP contribution < -0.4 is 0 Å². The third-order valence-corrected chi connectivity index (χ3v) is 4.62. The Labute approximate surface area is 173 Å². The fraction of sp³-hybridized carbons (Fsp3) is 0.833. The molecule has 0 aromatic heterocycles. The molecular weight excluding hydrogens is 352 g/mol. The van der Waals surface area contributed by atoms with Gasteiger partial charge in [-0.15, -0.1) is 0 Å². The Hall–Kier alpha value is -1.32. The average molecular weight is 397 g/mol. The lowest BCUT2D eigenvalue weighted by Gasteiger charge is -2.16. The summed E-state index contributed by atoms with van der Waals surface area (Å²) in [7, 11) is 0. The average Bonchev–Trinajstić information content (AvgIpc) is 2.67. The first-order valence-electron chi connectivity index (χ1n) is 11.5.